The Morgan fingerprint density at radius 3 is 2.55 bits per heavy atom. The van der Waals surface area contributed by atoms with Gasteiger partial charge in [-0.15, -0.1) is 0 Å². The summed E-state index contributed by atoms with van der Waals surface area (Å²) in [5, 5.41) is 6.45. The second-order valence-corrected chi connectivity index (χ2v) is 6.76. The average molecular weight is 409 g/mol. The number of alkyl halides is 3. The third-order valence-electron chi connectivity index (χ3n) is 4.32. The molecule has 0 radical (unpaired) electrons. The van der Waals surface area contributed by atoms with Crippen molar-refractivity contribution in [2.24, 2.45) is 0 Å². The number of hydrogen-bond donors (Lipinski definition) is 1. The summed E-state index contributed by atoms with van der Waals surface area (Å²) in [6, 6.07) is 5.69. The number of esters is 1. The van der Waals surface area contributed by atoms with E-state index in [9.17, 15) is 27.6 Å². The summed E-state index contributed by atoms with van der Waals surface area (Å²) in [5.74, 6) is -1.71. The number of nitrogens with zero attached hydrogens (tertiary/aromatic N) is 2. The lowest BCUT2D eigenvalue weighted by atomic mass is 10.1. The first-order valence-electron chi connectivity index (χ1n) is 8.87. The Labute approximate surface area is 163 Å². The summed E-state index contributed by atoms with van der Waals surface area (Å²) in [6.45, 7) is 2.73. The number of ether oxygens (including phenoxy) is 1. The highest BCUT2D eigenvalue weighted by Gasteiger charge is 2.34. The Bertz CT molecular complexity index is 1010. The number of hydrogen-bond acceptors (Lipinski definition) is 5. The quantitative estimate of drug-likeness (QED) is 0.766. The van der Waals surface area contributed by atoms with Crippen LogP contribution in [0.15, 0.2) is 35.1 Å². The molecule has 0 bridgehead atoms. The minimum absolute atomic E-state index is 0.0530. The van der Waals surface area contributed by atoms with E-state index in [1.54, 1.807) is 0 Å². The normalized spacial score (nSPS) is 14.9. The van der Waals surface area contributed by atoms with Gasteiger partial charge in [-0.1, -0.05) is 12.1 Å². The Morgan fingerprint density at radius 2 is 1.93 bits per heavy atom. The van der Waals surface area contributed by atoms with E-state index >= 15 is 0 Å². The molecule has 154 valence electrons. The number of carbonyl (C=O) groups is 2. The predicted octanol–water partition coefficient (Wildman–Crippen LogP) is 2.38. The maximum Gasteiger partial charge on any atom is 0.418 e. The Morgan fingerprint density at radius 1 is 1.28 bits per heavy atom. The van der Waals surface area contributed by atoms with Crippen molar-refractivity contribution in [1.82, 2.24) is 15.1 Å². The Kier molecular flexibility index (Phi) is 5.45. The van der Waals surface area contributed by atoms with E-state index in [0.717, 1.165) is 29.7 Å². The number of rotatable bonds is 5. The van der Waals surface area contributed by atoms with Crippen molar-refractivity contribution in [1.29, 1.82) is 0 Å². The minimum Gasteiger partial charge on any atom is -0.448 e. The molecule has 1 aromatic carbocycles. The second kappa shape index (κ2) is 7.69. The van der Waals surface area contributed by atoms with Gasteiger partial charge >= 0.3 is 12.1 Å². The maximum atomic E-state index is 13.3. The van der Waals surface area contributed by atoms with Crippen molar-refractivity contribution in [3.8, 4) is 5.69 Å². The molecule has 1 saturated carbocycles. The van der Waals surface area contributed by atoms with Crippen molar-refractivity contribution in [3.63, 3.8) is 0 Å². The minimum atomic E-state index is -4.66. The fourth-order valence-corrected chi connectivity index (χ4v) is 2.65. The van der Waals surface area contributed by atoms with Gasteiger partial charge < -0.3 is 10.1 Å². The standard InChI is InChI=1S/C19H18F3N3O4/c1-10-9-15(26)16(18(28)29-11(2)17(27)23-12-7-8-12)24-25(10)14-6-4-3-5-13(14)19(20,21)22/h3-6,9,11-12H,7-8H2,1-2H3,(H,23,27)/t11-/m0/s1. The molecule has 1 N–H and O–H groups in total. The van der Waals surface area contributed by atoms with Crippen molar-refractivity contribution in [2.45, 2.75) is 45.0 Å². The molecule has 3 rings (SSSR count). The van der Waals surface area contributed by atoms with Gasteiger partial charge in [0.05, 0.1) is 11.3 Å². The van der Waals surface area contributed by atoms with Crippen LogP contribution in [0.5, 0.6) is 0 Å². The van der Waals surface area contributed by atoms with Gasteiger partial charge in [-0.3, -0.25) is 9.59 Å². The van der Waals surface area contributed by atoms with E-state index in [2.05, 4.69) is 10.4 Å². The molecule has 1 fully saturated rings. The van der Waals surface area contributed by atoms with Gasteiger partial charge in [0.1, 0.15) is 0 Å². The lowest BCUT2D eigenvalue weighted by Gasteiger charge is -2.17. The third-order valence-corrected chi connectivity index (χ3v) is 4.32. The molecule has 29 heavy (non-hydrogen) atoms. The largest absolute Gasteiger partial charge is 0.448 e. The van der Waals surface area contributed by atoms with Crippen LogP contribution in [0.2, 0.25) is 0 Å². The van der Waals surface area contributed by atoms with Crippen molar-refractivity contribution in [2.75, 3.05) is 0 Å². The summed E-state index contributed by atoms with van der Waals surface area (Å²) in [5.41, 5.74) is -2.74. The zero-order chi connectivity index (χ0) is 21.3. The molecule has 7 nitrogen and oxygen atoms in total. The molecule has 1 aromatic heterocycles. The zero-order valence-electron chi connectivity index (χ0n) is 15.6. The third kappa shape index (κ3) is 4.64. The summed E-state index contributed by atoms with van der Waals surface area (Å²) in [7, 11) is 0. The van der Waals surface area contributed by atoms with E-state index < -0.39 is 40.8 Å². The smallest absolute Gasteiger partial charge is 0.418 e. The lowest BCUT2D eigenvalue weighted by molar-refractivity contribution is -0.137. The SMILES string of the molecule is Cc1cc(=O)c(C(=O)O[C@@H](C)C(=O)NC2CC2)nn1-c1ccccc1C(F)(F)F. The van der Waals surface area contributed by atoms with Crippen LogP contribution in [0.25, 0.3) is 5.69 Å². The molecule has 0 aliphatic heterocycles. The summed E-state index contributed by atoms with van der Waals surface area (Å²) >= 11 is 0. The van der Waals surface area contributed by atoms with Crippen molar-refractivity contribution in [3.05, 3.63) is 57.5 Å². The molecule has 2 aromatic rings. The van der Waals surface area contributed by atoms with Gasteiger partial charge in [0.25, 0.3) is 5.91 Å². The molecular formula is C19H18F3N3O4. The molecular weight excluding hydrogens is 391 g/mol. The van der Waals surface area contributed by atoms with Gasteiger partial charge in [0, 0.05) is 17.8 Å². The fraction of sp³-hybridized carbons (Fsp3) is 0.368. The summed E-state index contributed by atoms with van der Waals surface area (Å²) in [6.07, 6.45) is -4.16. The predicted molar refractivity (Wildman–Crippen MR) is 95.6 cm³/mol. The topological polar surface area (TPSA) is 90.3 Å². The zero-order valence-corrected chi connectivity index (χ0v) is 15.6. The number of carbonyl (C=O) groups excluding carboxylic acids is 2. The molecule has 1 heterocycles. The van der Waals surface area contributed by atoms with Crippen LogP contribution < -0.4 is 10.7 Å². The highest BCUT2D eigenvalue weighted by molar-refractivity contribution is 5.90. The number of halogens is 3. The second-order valence-electron chi connectivity index (χ2n) is 6.76. The molecule has 1 atom stereocenters. The van der Waals surface area contributed by atoms with Gasteiger partial charge in [-0.25, -0.2) is 9.48 Å². The van der Waals surface area contributed by atoms with E-state index in [-0.39, 0.29) is 17.4 Å². The molecule has 0 unspecified atom stereocenters. The van der Waals surface area contributed by atoms with Crippen LogP contribution in [0.1, 0.15) is 41.5 Å². The van der Waals surface area contributed by atoms with Crippen LogP contribution in [-0.2, 0) is 15.7 Å². The van der Waals surface area contributed by atoms with Crippen LogP contribution in [0.3, 0.4) is 0 Å². The van der Waals surface area contributed by atoms with Gasteiger partial charge in [0.15, 0.2) is 6.10 Å². The molecule has 1 amide bonds. The Balaban J connectivity index is 1.93. The van der Waals surface area contributed by atoms with E-state index in [0.29, 0.717) is 0 Å². The number of para-hydroxylation sites is 1. The van der Waals surface area contributed by atoms with E-state index in [1.807, 2.05) is 0 Å². The molecule has 0 spiro atoms. The highest BCUT2D eigenvalue weighted by Crippen LogP contribution is 2.33. The molecule has 1 aliphatic carbocycles. The number of aromatic nitrogens is 2. The van der Waals surface area contributed by atoms with Crippen LogP contribution in [-0.4, -0.2) is 33.8 Å². The van der Waals surface area contributed by atoms with E-state index in [1.165, 1.54) is 32.0 Å². The fourth-order valence-electron chi connectivity index (χ4n) is 2.65. The van der Waals surface area contributed by atoms with Crippen molar-refractivity contribution < 1.29 is 27.5 Å². The summed E-state index contributed by atoms with van der Waals surface area (Å²) < 4.78 is 45.8. The van der Waals surface area contributed by atoms with E-state index in [4.69, 9.17) is 4.74 Å². The summed E-state index contributed by atoms with van der Waals surface area (Å²) in [4.78, 5) is 36.5. The molecule has 1 aliphatic rings. The van der Waals surface area contributed by atoms with Crippen molar-refractivity contribution >= 4 is 11.9 Å². The first-order valence-corrected chi connectivity index (χ1v) is 8.87. The van der Waals surface area contributed by atoms with Gasteiger partial charge in [-0.2, -0.15) is 18.3 Å². The first-order chi connectivity index (χ1) is 13.6. The molecule has 0 saturated heterocycles. The monoisotopic (exact) mass is 409 g/mol. The maximum absolute atomic E-state index is 13.3. The number of benzene rings is 1. The first kappa shape index (κ1) is 20.6. The number of amides is 1. The number of nitrogens with one attached hydrogen (secondary N) is 1. The van der Waals surface area contributed by atoms with Crippen LogP contribution in [0, 0.1) is 6.92 Å². The van der Waals surface area contributed by atoms with Gasteiger partial charge in [-0.05, 0) is 38.8 Å². The lowest BCUT2D eigenvalue weighted by Crippen LogP contribution is -2.38. The van der Waals surface area contributed by atoms with Crippen LogP contribution in [0.4, 0.5) is 13.2 Å². The van der Waals surface area contributed by atoms with Gasteiger partial charge in [0.2, 0.25) is 11.1 Å². The number of aryl methyl sites for hydroxylation is 1. The van der Waals surface area contributed by atoms with Crippen LogP contribution >= 0.6 is 0 Å². The highest BCUT2D eigenvalue weighted by atomic mass is 19.4. The average Bonchev–Trinajstić information content (AvgIpc) is 3.45. The Hall–Kier alpha value is -3.17. The molecule has 10 heteroatoms.